The van der Waals surface area contributed by atoms with E-state index >= 15 is 0 Å². The lowest BCUT2D eigenvalue weighted by Crippen LogP contribution is -2.39. The zero-order valence-corrected chi connectivity index (χ0v) is 16.9. The van der Waals surface area contributed by atoms with Gasteiger partial charge in [-0.25, -0.2) is 18.3 Å². The van der Waals surface area contributed by atoms with Crippen molar-refractivity contribution < 1.29 is 13.6 Å². The molecule has 0 aliphatic carbocycles. The number of para-hydroxylation sites is 1. The monoisotopic (exact) mass is 435 g/mol. The van der Waals surface area contributed by atoms with Crippen LogP contribution < -0.4 is 5.32 Å². The van der Waals surface area contributed by atoms with Crippen molar-refractivity contribution >= 4 is 11.7 Å². The molecule has 0 atom stereocenters. The standard InChI is InChI=1S/C22H19F2N7O/c23-19-7-6-18(10-20(19)24)30-13-17(27-28-30)14-31-21-8-9-29(12-15(21)11-25-31)22(32)26-16-4-2-1-3-5-16/h1-7,10-11,13H,8-9,12,14H2,(H,26,32). The van der Waals surface area contributed by atoms with Gasteiger partial charge in [0.05, 0.1) is 31.2 Å². The highest BCUT2D eigenvalue weighted by Crippen LogP contribution is 2.21. The van der Waals surface area contributed by atoms with Crippen LogP contribution in [0, 0.1) is 11.6 Å². The molecule has 32 heavy (non-hydrogen) atoms. The molecule has 0 radical (unpaired) electrons. The molecule has 0 unspecified atom stereocenters. The third kappa shape index (κ3) is 3.94. The molecule has 1 aliphatic rings. The molecule has 0 saturated heterocycles. The lowest BCUT2D eigenvalue weighted by molar-refractivity contribution is 0.205. The first kappa shape index (κ1) is 19.9. The first-order valence-corrected chi connectivity index (χ1v) is 10.1. The molecule has 0 bridgehead atoms. The van der Waals surface area contributed by atoms with Crippen molar-refractivity contribution in [3.8, 4) is 5.69 Å². The summed E-state index contributed by atoms with van der Waals surface area (Å²) in [5.74, 6) is -1.86. The van der Waals surface area contributed by atoms with Gasteiger partial charge in [0.2, 0.25) is 0 Å². The van der Waals surface area contributed by atoms with Gasteiger partial charge in [-0.3, -0.25) is 4.68 Å². The Morgan fingerprint density at radius 1 is 1.09 bits per heavy atom. The zero-order chi connectivity index (χ0) is 22.1. The number of carbonyl (C=O) groups is 1. The predicted octanol–water partition coefficient (Wildman–Crippen LogP) is 3.38. The summed E-state index contributed by atoms with van der Waals surface area (Å²) in [4.78, 5) is 14.3. The number of amides is 2. The van der Waals surface area contributed by atoms with Crippen LogP contribution in [0.15, 0.2) is 60.9 Å². The number of benzene rings is 2. The van der Waals surface area contributed by atoms with E-state index < -0.39 is 11.6 Å². The average molecular weight is 435 g/mol. The molecule has 0 fully saturated rings. The number of anilines is 1. The minimum absolute atomic E-state index is 0.149. The minimum atomic E-state index is -0.943. The number of aromatic nitrogens is 5. The molecule has 10 heteroatoms. The SMILES string of the molecule is O=C(Nc1ccccc1)N1CCc2c(cnn2Cc2cn(-c3ccc(F)c(F)c3)nn2)C1. The van der Waals surface area contributed by atoms with Crippen LogP contribution in [0.1, 0.15) is 17.0 Å². The summed E-state index contributed by atoms with van der Waals surface area (Å²) in [5.41, 5.74) is 3.78. The second-order valence-corrected chi connectivity index (χ2v) is 7.49. The predicted molar refractivity (Wildman–Crippen MR) is 112 cm³/mol. The Morgan fingerprint density at radius 2 is 1.94 bits per heavy atom. The average Bonchev–Trinajstić information content (AvgIpc) is 3.43. The van der Waals surface area contributed by atoms with Crippen molar-refractivity contribution in [2.75, 3.05) is 11.9 Å². The maximum absolute atomic E-state index is 13.5. The summed E-state index contributed by atoms with van der Waals surface area (Å²) in [5, 5.41) is 15.5. The van der Waals surface area contributed by atoms with E-state index in [-0.39, 0.29) is 6.03 Å². The largest absolute Gasteiger partial charge is 0.322 e. The third-order valence-electron chi connectivity index (χ3n) is 5.35. The third-order valence-corrected chi connectivity index (χ3v) is 5.35. The molecule has 2 amide bonds. The Labute approximate surface area is 182 Å². The Kier molecular flexibility index (Phi) is 5.10. The van der Waals surface area contributed by atoms with Gasteiger partial charge in [-0.15, -0.1) is 5.10 Å². The molecule has 0 spiro atoms. The van der Waals surface area contributed by atoms with Gasteiger partial charge in [0, 0.05) is 36.0 Å². The van der Waals surface area contributed by atoms with Crippen molar-refractivity contribution in [2.45, 2.75) is 19.5 Å². The van der Waals surface area contributed by atoms with Crippen LogP contribution >= 0.6 is 0 Å². The molecule has 2 aromatic heterocycles. The van der Waals surface area contributed by atoms with Crippen molar-refractivity contribution in [1.29, 1.82) is 0 Å². The molecule has 1 aliphatic heterocycles. The second-order valence-electron chi connectivity index (χ2n) is 7.49. The molecule has 8 nitrogen and oxygen atoms in total. The van der Waals surface area contributed by atoms with Crippen molar-refractivity contribution in [1.82, 2.24) is 29.7 Å². The molecule has 5 rings (SSSR count). The normalized spacial score (nSPS) is 13.1. The maximum Gasteiger partial charge on any atom is 0.322 e. The number of fused-ring (bicyclic) bond motifs is 1. The summed E-state index contributed by atoms with van der Waals surface area (Å²) in [6.07, 6.45) is 4.08. The first-order valence-electron chi connectivity index (χ1n) is 10.1. The van der Waals surface area contributed by atoms with Gasteiger partial charge in [0.1, 0.15) is 5.69 Å². The van der Waals surface area contributed by atoms with Crippen LogP contribution in [0.25, 0.3) is 5.69 Å². The molecule has 4 aromatic rings. The van der Waals surface area contributed by atoms with E-state index in [1.54, 1.807) is 17.3 Å². The number of urea groups is 1. The minimum Gasteiger partial charge on any atom is -0.320 e. The number of hydrogen-bond donors (Lipinski definition) is 1. The first-order chi connectivity index (χ1) is 15.6. The van der Waals surface area contributed by atoms with E-state index in [1.165, 1.54) is 10.7 Å². The second kappa shape index (κ2) is 8.22. The Bertz CT molecular complexity index is 1270. The van der Waals surface area contributed by atoms with E-state index in [4.69, 9.17) is 0 Å². The fraction of sp³-hybridized carbons (Fsp3) is 0.182. The van der Waals surface area contributed by atoms with Gasteiger partial charge >= 0.3 is 6.03 Å². The van der Waals surface area contributed by atoms with Gasteiger partial charge in [-0.2, -0.15) is 5.10 Å². The van der Waals surface area contributed by atoms with Gasteiger partial charge in [0.25, 0.3) is 0 Å². The molecular weight excluding hydrogens is 416 g/mol. The van der Waals surface area contributed by atoms with E-state index in [1.807, 2.05) is 35.0 Å². The van der Waals surface area contributed by atoms with E-state index in [0.29, 0.717) is 37.4 Å². The molecular formula is C22H19F2N7O. The van der Waals surface area contributed by atoms with Crippen molar-refractivity contribution in [2.24, 2.45) is 0 Å². The topological polar surface area (TPSA) is 80.9 Å². The quantitative estimate of drug-likeness (QED) is 0.533. The van der Waals surface area contributed by atoms with Gasteiger partial charge in [-0.1, -0.05) is 23.4 Å². The number of hydrogen-bond acceptors (Lipinski definition) is 4. The fourth-order valence-electron chi connectivity index (χ4n) is 3.71. The van der Waals surface area contributed by atoms with Crippen LogP contribution in [-0.2, 0) is 19.5 Å². The highest BCUT2D eigenvalue weighted by Gasteiger charge is 2.24. The van der Waals surface area contributed by atoms with E-state index in [0.717, 1.165) is 29.1 Å². The summed E-state index contributed by atoms with van der Waals surface area (Å²) in [6.45, 7) is 1.42. The highest BCUT2D eigenvalue weighted by molar-refractivity contribution is 5.89. The van der Waals surface area contributed by atoms with Crippen LogP contribution in [-0.4, -0.2) is 42.3 Å². The molecule has 3 heterocycles. The van der Waals surface area contributed by atoms with Gasteiger partial charge < -0.3 is 10.2 Å². The van der Waals surface area contributed by atoms with Gasteiger partial charge in [0.15, 0.2) is 11.6 Å². The van der Waals surface area contributed by atoms with Crippen LogP contribution in [0.5, 0.6) is 0 Å². The summed E-state index contributed by atoms with van der Waals surface area (Å²) < 4.78 is 29.9. The Morgan fingerprint density at radius 3 is 2.75 bits per heavy atom. The van der Waals surface area contributed by atoms with Crippen molar-refractivity contribution in [3.63, 3.8) is 0 Å². The van der Waals surface area contributed by atoms with Crippen LogP contribution in [0.4, 0.5) is 19.3 Å². The summed E-state index contributed by atoms with van der Waals surface area (Å²) in [6, 6.07) is 12.7. The molecule has 2 aromatic carbocycles. The van der Waals surface area contributed by atoms with Gasteiger partial charge in [-0.05, 0) is 24.3 Å². The Hall–Kier alpha value is -4.08. The number of nitrogens with one attached hydrogen (secondary N) is 1. The number of rotatable bonds is 4. The summed E-state index contributed by atoms with van der Waals surface area (Å²) in [7, 11) is 0. The molecule has 162 valence electrons. The van der Waals surface area contributed by atoms with E-state index in [2.05, 4.69) is 20.7 Å². The summed E-state index contributed by atoms with van der Waals surface area (Å²) >= 11 is 0. The zero-order valence-electron chi connectivity index (χ0n) is 16.9. The molecule has 0 saturated carbocycles. The Balaban J connectivity index is 1.27. The van der Waals surface area contributed by atoms with Crippen molar-refractivity contribution in [3.05, 3.63) is 89.5 Å². The smallest absolute Gasteiger partial charge is 0.320 e. The lowest BCUT2D eigenvalue weighted by Gasteiger charge is -2.27. The van der Waals surface area contributed by atoms with Crippen LogP contribution in [0.3, 0.4) is 0 Å². The number of carbonyl (C=O) groups excluding carboxylic acids is 1. The van der Waals surface area contributed by atoms with Crippen LogP contribution in [0.2, 0.25) is 0 Å². The highest BCUT2D eigenvalue weighted by atomic mass is 19.2. The number of nitrogens with zero attached hydrogens (tertiary/aromatic N) is 6. The lowest BCUT2D eigenvalue weighted by atomic mass is 10.1. The van der Waals surface area contributed by atoms with E-state index in [9.17, 15) is 13.6 Å². The fourth-order valence-corrected chi connectivity index (χ4v) is 3.71. The maximum atomic E-state index is 13.5. The molecule has 1 N–H and O–H groups in total. The number of halogens is 2.